The highest BCUT2D eigenvalue weighted by Gasteiger charge is 2.33. The second-order valence-electron chi connectivity index (χ2n) is 5.50. The van der Waals surface area contributed by atoms with Gasteiger partial charge in [0, 0.05) is 18.8 Å². The number of aryl methyl sites for hydroxylation is 1. The minimum Gasteiger partial charge on any atom is -0.314 e. The molecule has 6 heteroatoms. The van der Waals surface area contributed by atoms with Gasteiger partial charge in [0.1, 0.15) is 0 Å². The average Bonchev–Trinajstić information content (AvgIpc) is 3.02. The molecule has 0 amide bonds. The lowest BCUT2D eigenvalue weighted by Gasteiger charge is -2.20. The van der Waals surface area contributed by atoms with Gasteiger partial charge in [-0.05, 0) is 44.2 Å². The smallest absolute Gasteiger partial charge is 0.314 e. The lowest BCUT2D eigenvalue weighted by Crippen LogP contribution is -2.33. The maximum atomic E-state index is 12.5. The Labute approximate surface area is 117 Å². The first kappa shape index (κ1) is 15.4. The maximum absolute atomic E-state index is 12.5. The molecule has 1 heterocycles. The van der Waals surface area contributed by atoms with Crippen LogP contribution in [0.2, 0.25) is 0 Å². The average molecular weight is 289 g/mol. The first-order valence-electron chi connectivity index (χ1n) is 7.34. The summed E-state index contributed by atoms with van der Waals surface area (Å²) in [5, 5.41) is 7.14. The van der Waals surface area contributed by atoms with Crippen LogP contribution in [0.3, 0.4) is 0 Å². The number of nitrogens with one attached hydrogen (secondary N) is 1. The molecule has 1 N–H and O–H groups in total. The van der Waals surface area contributed by atoms with E-state index in [1.165, 1.54) is 23.7 Å². The van der Waals surface area contributed by atoms with Crippen molar-refractivity contribution in [2.75, 3.05) is 6.54 Å². The summed E-state index contributed by atoms with van der Waals surface area (Å²) in [6.07, 6.45) is 2.62. The minimum atomic E-state index is -4.34. The van der Waals surface area contributed by atoms with Crippen LogP contribution in [-0.2, 0) is 12.7 Å². The van der Waals surface area contributed by atoms with Crippen molar-refractivity contribution in [3.05, 3.63) is 18.0 Å². The number of aromatic nitrogens is 2. The lowest BCUT2D eigenvalue weighted by atomic mass is 9.99. The SMILES string of the molecule is CCCNC1CCCC1CCn1ccc(C(F)(F)F)n1. The lowest BCUT2D eigenvalue weighted by molar-refractivity contribution is -0.141. The number of nitrogens with zero attached hydrogens (tertiary/aromatic N) is 2. The van der Waals surface area contributed by atoms with Gasteiger partial charge in [-0.15, -0.1) is 0 Å². The summed E-state index contributed by atoms with van der Waals surface area (Å²) in [4.78, 5) is 0. The molecule has 2 rings (SSSR count). The Hall–Kier alpha value is -1.04. The molecule has 1 fully saturated rings. The molecule has 0 radical (unpaired) electrons. The summed E-state index contributed by atoms with van der Waals surface area (Å²) in [6.45, 7) is 3.71. The Morgan fingerprint density at radius 1 is 1.40 bits per heavy atom. The van der Waals surface area contributed by atoms with Crippen molar-refractivity contribution in [2.45, 2.75) is 57.8 Å². The number of hydrogen-bond donors (Lipinski definition) is 1. The van der Waals surface area contributed by atoms with Crippen LogP contribution >= 0.6 is 0 Å². The molecule has 0 spiro atoms. The summed E-state index contributed by atoms with van der Waals surface area (Å²) in [5.41, 5.74) is -0.801. The van der Waals surface area contributed by atoms with Crippen LogP contribution in [0.15, 0.2) is 12.3 Å². The van der Waals surface area contributed by atoms with Gasteiger partial charge >= 0.3 is 6.18 Å². The summed E-state index contributed by atoms with van der Waals surface area (Å²) < 4.78 is 38.8. The molecule has 1 aliphatic rings. The Balaban J connectivity index is 1.84. The molecule has 1 saturated carbocycles. The molecule has 2 unspecified atom stereocenters. The molecule has 3 nitrogen and oxygen atoms in total. The largest absolute Gasteiger partial charge is 0.435 e. The van der Waals surface area contributed by atoms with E-state index in [0.29, 0.717) is 18.5 Å². The van der Waals surface area contributed by atoms with Crippen LogP contribution in [0.5, 0.6) is 0 Å². The van der Waals surface area contributed by atoms with Crippen molar-refractivity contribution in [1.29, 1.82) is 0 Å². The number of alkyl halides is 3. The molecule has 0 saturated heterocycles. The monoisotopic (exact) mass is 289 g/mol. The molecule has 1 aromatic rings. The van der Waals surface area contributed by atoms with Gasteiger partial charge in [0.15, 0.2) is 5.69 Å². The van der Waals surface area contributed by atoms with E-state index in [4.69, 9.17) is 0 Å². The number of hydrogen-bond acceptors (Lipinski definition) is 2. The Bertz CT molecular complexity index is 414. The van der Waals surface area contributed by atoms with E-state index < -0.39 is 11.9 Å². The van der Waals surface area contributed by atoms with E-state index in [1.807, 2.05) is 0 Å². The number of rotatable bonds is 6. The molecule has 0 bridgehead atoms. The van der Waals surface area contributed by atoms with Crippen LogP contribution in [0.25, 0.3) is 0 Å². The Morgan fingerprint density at radius 2 is 2.20 bits per heavy atom. The molecule has 2 atom stereocenters. The fourth-order valence-corrected chi connectivity index (χ4v) is 2.92. The third kappa shape index (κ3) is 3.98. The van der Waals surface area contributed by atoms with Gasteiger partial charge in [-0.3, -0.25) is 4.68 Å². The zero-order chi connectivity index (χ0) is 14.6. The van der Waals surface area contributed by atoms with E-state index in [9.17, 15) is 13.2 Å². The molecule has 20 heavy (non-hydrogen) atoms. The van der Waals surface area contributed by atoms with Crippen molar-refractivity contribution in [2.24, 2.45) is 5.92 Å². The quantitative estimate of drug-likeness (QED) is 0.869. The molecule has 1 aliphatic carbocycles. The van der Waals surface area contributed by atoms with Crippen molar-refractivity contribution in [3.63, 3.8) is 0 Å². The van der Waals surface area contributed by atoms with Crippen molar-refractivity contribution >= 4 is 0 Å². The molecular formula is C14H22F3N3. The van der Waals surface area contributed by atoms with Gasteiger partial charge in [-0.1, -0.05) is 13.3 Å². The molecule has 0 aliphatic heterocycles. The summed E-state index contributed by atoms with van der Waals surface area (Å²) in [5.74, 6) is 0.556. The summed E-state index contributed by atoms with van der Waals surface area (Å²) in [6, 6.07) is 1.56. The highest BCUT2D eigenvalue weighted by atomic mass is 19.4. The Kier molecular flexibility index (Phi) is 5.07. The van der Waals surface area contributed by atoms with Crippen LogP contribution in [0.1, 0.15) is 44.7 Å². The maximum Gasteiger partial charge on any atom is 0.435 e. The van der Waals surface area contributed by atoms with E-state index in [1.54, 1.807) is 0 Å². The topological polar surface area (TPSA) is 29.9 Å². The standard InChI is InChI=1S/C14H22F3N3/c1-2-8-18-12-5-3-4-11(12)6-9-20-10-7-13(19-20)14(15,16)17/h7,10-12,18H,2-6,8-9H2,1H3. The highest BCUT2D eigenvalue weighted by molar-refractivity contribution is 5.03. The van der Waals surface area contributed by atoms with Crippen LogP contribution < -0.4 is 5.32 Å². The van der Waals surface area contributed by atoms with Crippen molar-refractivity contribution < 1.29 is 13.2 Å². The summed E-state index contributed by atoms with van der Waals surface area (Å²) in [7, 11) is 0. The summed E-state index contributed by atoms with van der Waals surface area (Å²) >= 11 is 0. The van der Waals surface area contributed by atoms with E-state index >= 15 is 0 Å². The zero-order valence-corrected chi connectivity index (χ0v) is 11.8. The minimum absolute atomic E-state index is 0.521. The fraction of sp³-hybridized carbons (Fsp3) is 0.786. The van der Waals surface area contributed by atoms with Gasteiger partial charge in [0.05, 0.1) is 0 Å². The fourth-order valence-electron chi connectivity index (χ4n) is 2.92. The predicted octanol–water partition coefficient (Wildman–Crippen LogP) is 3.46. The second-order valence-corrected chi connectivity index (χ2v) is 5.50. The van der Waals surface area contributed by atoms with Gasteiger partial charge in [-0.25, -0.2) is 0 Å². The second kappa shape index (κ2) is 6.61. The highest BCUT2D eigenvalue weighted by Crippen LogP contribution is 2.30. The third-order valence-corrected chi connectivity index (χ3v) is 3.98. The first-order chi connectivity index (χ1) is 9.50. The zero-order valence-electron chi connectivity index (χ0n) is 11.8. The number of halogens is 3. The predicted molar refractivity (Wildman–Crippen MR) is 71.3 cm³/mol. The van der Waals surface area contributed by atoms with E-state index in [0.717, 1.165) is 31.9 Å². The molecule has 0 aromatic carbocycles. The normalized spacial score (nSPS) is 23.4. The van der Waals surface area contributed by atoms with Crippen LogP contribution in [-0.4, -0.2) is 22.4 Å². The van der Waals surface area contributed by atoms with Crippen molar-refractivity contribution in [3.8, 4) is 0 Å². The van der Waals surface area contributed by atoms with Gasteiger partial charge < -0.3 is 5.32 Å². The third-order valence-electron chi connectivity index (χ3n) is 3.98. The van der Waals surface area contributed by atoms with Gasteiger partial charge in [0.25, 0.3) is 0 Å². The first-order valence-corrected chi connectivity index (χ1v) is 7.34. The van der Waals surface area contributed by atoms with E-state index in [2.05, 4.69) is 17.3 Å². The van der Waals surface area contributed by atoms with Gasteiger partial charge in [-0.2, -0.15) is 18.3 Å². The van der Waals surface area contributed by atoms with E-state index in [-0.39, 0.29) is 0 Å². The van der Waals surface area contributed by atoms with Crippen LogP contribution in [0, 0.1) is 5.92 Å². The van der Waals surface area contributed by atoms with Gasteiger partial charge in [0.2, 0.25) is 0 Å². The molecule has 114 valence electrons. The van der Waals surface area contributed by atoms with Crippen LogP contribution in [0.4, 0.5) is 13.2 Å². The molecular weight excluding hydrogens is 267 g/mol. The molecule has 1 aromatic heterocycles. The van der Waals surface area contributed by atoms with Crippen molar-refractivity contribution in [1.82, 2.24) is 15.1 Å². The Morgan fingerprint density at radius 3 is 2.85 bits per heavy atom.